The smallest absolute Gasteiger partial charge is 0.121 e. The highest BCUT2D eigenvalue weighted by Crippen LogP contribution is 2.37. The van der Waals surface area contributed by atoms with Crippen LogP contribution < -0.4 is 9.64 Å². The van der Waals surface area contributed by atoms with Crippen LogP contribution in [0.1, 0.15) is 17.2 Å². The second-order valence-electron chi connectivity index (χ2n) is 7.67. The Balaban J connectivity index is 1.59. The maximum absolute atomic E-state index is 8.99. The van der Waals surface area contributed by atoms with Crippen LogP contribution in [0.5, 0.6) is 5.75 Å². The second-order valence-corrected chi connectivity index (χ2v) is 8.51. The topological polar surface area (TPSA) is 35.9 Å². The van der Waals surface area contributed by atoms with Crippen molar-refractivity contribution in [3.63, 3.8) is 0 Å². The maximum atomic E-state index is 8.99. The number of benzene rings is 3. The van der Waals surface area contributed by atoms with Crippen molar-refractivity contribution < 1.29 is 9.84 Å². The molecule has 1 aliphatic heterocycles. The van der Waals surface area contributed by atoms with Gasteiger partial charge in [-0.1, -0.05) is 65.7 Å². The molecule has 31 heavy (non-hydrogen) atoms. The van der Waals surface area contributed by atoms with Crippen molar-refractivity contribution in [3.05, 3.63) is 94.0 Å². The van der Waals surface area contributed by atoms with Crippen LogP contribution in [0.4, 0.5) is 5.69 Å². The zero-order valence-electron chi connectivity index (χ0n) is 17.3. The first kappa shape index (κ1) is 22.0. The van der Waals surface area contributed by atoms with Gasteiger partial charge in [-0.05, 0) is 35.4 Å². The first-order chi connectivity index (χ1) is 15.1. The second kappa shape index (κ2) is 10.4. The molecule has 1 aliphatic rings. The molecule has 0 saturated carbocycles. The third-order valence-corrected chi connectivity index (χ3v) is 6.11. The summed E-state index contributed by atoms with van der Waals surface area (Å²) < 4.78 is 5.51. The lowest BCUT2D eigenvalue weighted by molar-refractivity contribution is 0.201. The van der Waals surface area contributed by atoms with Gasteiger partial charge in [-0.25, -0.2) is 0 Å². The highest BCUT2D eigenvalue weighted by Gasteiger charge is 2.29. The highest BCUT2D eigenvalue weighted by molar-refractivity contribution is 6.33. The van der Waals surface area contributed by atoms with Gasteiger partial charge in [0.2, 0.25) is 0 Å². The number of aliphatic hydroxyl groups excluding tert-OH is 1. The summed E-state index contributed by atoms with van der Waals surface area (Å²) in [5.74, 6) is 0.661. The van der Waals surface area contributed by atoms with Crippen LogP contribution in [0.15, 0.2) is 72.8 Å². The van der Waals surface area contributed by atoms with Crippen LogP contribution in [-0.4, -0.2) is 42.9 Å². The van der Waals surface area contributed by atoms with E-state index in [1.807, 2.05) is 36.4 Å². The lowest BCUT2D eigenvalue weighted by Crippen LogP contribution is -2.48. The number of aliphatic hydroxyl groups is 1. The van der Waals surface area contributed by atoms with Gasteiger partial charge in [0.25, 0.3) is 0 Å². The summed E-state index contributed by atoms with van der Waals surface area (Å²) in [5, 5.41) is 10.4. The predicted octanol–water partition coefficient (Wildman–Crippen LogP) is 5.43. The Labute approximate surface area is 193 Å². The van der Waals surface area contributed by atoms with E-state index in [1.165, 1.54) is 11.1 Å². The Bertz CT molecular complexity index is 983. The van der Waals surface area contributed by atoms with E-state index in [9.17, 15) is 0 Å². The molecule has 0 amide bonds. The van der Waals surface area contributed by atoms with Crippen molar-refractivity contribution in [3.8, 4) is 5.75 Å². The molecule has 6 heteroatoms. The SMILES string of the molecule is OCCOc1ccc(N2CCN(Cc3ccccc3)C[C@H]2c2ccc(Cl)cc2)c(Cl)c1. The fourth-order valence-corrected chi connectivity index (χ4v) is 4.46. The van der Waals surface area contributed by atoms with Gasteiger partial charge in [-0.3, -0.25) is 4.90 Å². The fourth-order valence-electron chi connectivity index (χ4n) is 4.06. The van der Waals surface area contributed by atoms with Crippen LogP contribution in [-0.2, 0) is 6.54 Å². The van der Waals surface area contributed by atoms with Crippen molar-refractivity contribution in [2.45, 2.75) is 12.6 Å². The molecule has 0 spiro atoms. The number of hydrogen-bond donors (Lipinski definition) is 1. The molecule has 1 atom stereocenters. The molecular formula is C25H26Cl2N2O2. The van der Waals surface area contributed by atoms with Gasteiger partial charge in [-0.15, -0.1) is 0 Å². The largest absolute Gasteiger partial charge is 0.491 e. The van der Waals surface area contributed by atoms with Gasteiger partial charge < -0.3 is 14.7 Å². The van der Waals surface area contributed by atoms with E-state index in [2.05, 4.69) is 46.2 Å². The zero-order chi connectivity index (χ0) is 21.6. The Kier molecular flexibility index (Phi) is 7.36. The third-order valence-electron chi connectivity index (χ3n) is 5.56. The van der Waals surface area contributed by atoms with E-state index in [4.69, 9.17) is 33.0 Å². The number of ether oxygens (including phenoxy) is 1. The molecule has 0 bridgehead atoms. The molecular weight excluding hydrogens is 431 g/mol. The Morgan fingerprint density at radius 2 is 1.71 bits per heavy atom. The lowest BCUT2D eigenvalue weighted by atomic mass is 10.0. The lowest BCUT2D eigenvalue weighted by Gasteiger charge is -2.43. The normalized spacial score (nSPS) is 17.0. The number of halogens is 2. The van der Waals surface area contributed by atoms with Gasteiger partial charge >= 0.3 is 0 Å². The maximum Gasteiger partial charge on any atom is 0.121 e. The molecule has 3 aromatic carbocycles. The van der Waals surface area contributed by atoms with E-state index in [1.54, 1.807) is 0 Å². The predicted molar refractivity (Wildman–Crippen MR) is 127 cm³/mol. The molecule has 0 aliphatic carbocycles. The molecule has 1 N–H and O–H groups in total. The molecule has 0 unspecified atom stereocenters. The molecule has 162 valence electrons. The minimum absolute atomic E-state index is 0.0264. The van der Waals surface area contributed by atoms with Crippen molar-refractivity contribution in [2.24, 2.45) is 0 Å². The van der Waals surface area contributed by atoms with Gasteiger partial charge in [0.15, 0.2) is 0 Å². The summed E-state index contributed by atoms with van der Waals surface area (Å²) in [7, 11) is 0. The summed E-state index contributed by atoms with van der Waals surface area (Å²) in [4.78, 5) is 4.85. The Morgan fingerprint density at radius 3 is 2.42 bits per heavy atom. The quantitative estimate of drug-likeness (QED) is 0.514. The standard InChI is InChI=1S/C25H26Cl2N2O2/c26-21-8-6-20(7-9-21)25-18-28(17-19-4-2-1-3-5-19)12-13-29(25)24-11-10-22(16-23(24)27)31-15-14-30/h1-11,16,25,30H,12-15,17-18H2/t25-/m0/s1. The Hall–Kier alpha value is -2.24. The summed E-state index contributed by atoms with van der Waals surface area (Å²) in [6.07, 6.45) is 0. The third kappa shape index (κ3) is 5.52. The van der Waals surface area contributed by atoms with Crippen LogP contribution >= 0.6 is 23.2 Å². The zero-order valence-corrected chi connectivity index (χ0v) is 18.8. The van der Waals surface area contributed by atoms with Crippen molar-refractivity contribution >= 4 is 28.9 Å². The van der Waals surface area contributed by atoms with Crippen LogP contribution in [0.25, 0.3) is 0 Å². The molecule has 1 saturated heterocycles. The number of piperazine rings is 1. The molecule has 0 aromatic heterocycles. The van der Waals surface area contributed by atoms with Gasteiger partial charge in [0.05, 0.1) is 23.4 Å². The van der Waals surface area contributed by atoms with E-state index >= 15 is 0 Å². The summed E-state index contributed by atoms with van der Waals surface area (Å²) in [6.45, 7) is 3.83. The Morgan fingerprint density at radius 1 is 0.935 bits per heavy atom. The van der Waals surface area contributed by atoms with E-state index in [0.717, 1.165) is 36.9 Å². The van der Waals surface area contributed by atoms with Crippen LogP contribution in [0.2, 0.25) is 10.0 Å². The first-order valence-electron chi connectivity index (χ1n) is 10.5. The number of rotatable bonds is 7. The highest BCUT2D eigenvalue weighted by atomic mass is 35.5. The first-order valence-corrected chi connectivity index (χ1v) is 11.2. The molecule has 3 aromatic rings. The molecule has 4 nitrogen and oxygen atoms in total. The van der Waals surface area contributed by atoms with Crippen molar-refractivity contribution in [1.82, 2.24) is 4.90 Å². The molecule has 4 rings (SSSR count). The van der Waals surface area contributed by atoms with Crippen molar-refractivity contribution in [1.29, 1.82) is 0 Å². The van der Waals surface area contributed by atoms with E-state index < -0.39 is 0 Å². The van der Waals surface area contributed by atoms with Crippen LogP contribution in [0.3, 0.4) is 0 Å². The van der Waals surface area contributed by atoms with E-state index in [-0.39, 0.29) is 19.3 Å². The van der Waals surface area contributed by atoms with Gasteiger partial charge in [0, 0.05) is 37.3 Å². The average molecular weight is 457 g/mol. The summed E-state index contributed by atoms with van der Waals surface area (Å²) >= 11 is 12.8. The molecule has 1 fully saturated rings. The monoisotopic (exact) mass is 456 g/mol. The fraction of sp³-hybridized carbons (Fsp3) is 0.280. The van der Waals surface area contributed by atoms with Crippen LogP contribution in [0, 0.1) is 0 Å². The molecule has 1 heterocycles. The summed E-state index contributed by atoms with van der Waals surface area (Å²) in [6, 6.07) is 24.5. The van der Waals surface area contributed by atoms with E-state index in [0.29, 0.717) is 10.8 Å². The number of nitrogens with zero attached hydrogens (tertiary/aromatic N) is 2. The van der Waals surface area contributed by atoms with Crippen molar-refractivity contribution in [2.75, 3.05) is 37.7 Å². The number of anilines is 1. The summed E-state index contributed by atoms with van der Waals surface area (Å²) in [5.41, 5.74) is 3.50. The minimum Gasteiger partial charge on any atom is -0.491 e. The van der Waals surface area contributed by atoms with Gasteiger partial charge in [0.1, 0.15) is 12.4 Å². The number of hydrogen-bond acceptors (Lipinski definition) is 4. The van der Waals surface area contributed by atoms with Gasteiger partial charge in [-0.2, -0.15) is 0 Å². The molecule has 0 radical (unpaired) electrons. The minimum atomic E-state index is -0.0264. The average Bonchev–Trinajstić information content (AvgIpc) is 2.79.